The molecule has 0 spiro atoms. The van der Waals surface area contributed by atoms with Gasteiger partial charge in [-0.2, -0.15) is 0 Å². The number of benzene rings is 1. The fourth-order valence-electron chi connectivity index (χ4n) is 5.36. The molecule has 4 rings (SSSR count). The Hall–Kier alpha value is -2.43. The number of fused-ring (bicyclic) bond motifs is 2. The SMILES string of the molecule is C=CC1NC2=C(C)/C(=C\C(C)CC)C(C)(C)c3c2c(cc2cccnc32)C1C(O)OC. The highest BCUT2D eigenvalue weighted by Crippen LogP contribution is 2.53. The van der Waals surface area contributed by atoms with Gasteiger partial charge in [0.1, 0.15) is 0 Å². The lowest BCUT2D eigenvalue weighted by Crippen LogP contribution is -2.46. The number of ether oxygens (including phenoxy) is 1. The van der Waals surface area contributed by atoms with Crippen LogP contribution in [-0.2, 0) is 10.2 Å². The van der Waals surface area contributed by atoms with Crippen LogP contribution in [0.3, 0.4) is 0 Å². The third-order valence-corrected chi connectivity index (χ3v) is 7.21. The molecule has 2 heterocycles. The van der Waals surface area contributed by atoms with Crippen molar-refractivity contribution in [2.45, 2.75) is 64.7 Å². The summed E-state index contributed by atoms with van der Waals surface area (Å²) in [5.41, 5.74) is 8.00. The van der Waals surface area contributed by atoms with Gasteiger partial charge in [0.2, 0.25) is 0 Å². The number of aromatic nitrogens is 1. The predicted octanol–water partition coefficient (Wildman–Crippen LogP) is 5.44. The Kier molecular flexibility index (Phi) is 5.57. The zero-order valence-corrected chi connectivity index (χ0v) is 19.5. The highest BCUT2D eigenvalue weighted by molar-refractivity contribution is 5.95. The van der Waals surface area contributed by atoms with Gasteiger partial charge in [-0.3, -0.25) is 4.98 Å². The van der Waals surface area contributed by atoms with Gasteiger partial charge in [-0.25, -0.2) is 0 Å². The molecule has 4 atom stereocenters. The molecule has 2 aromatic rings. The second kappa shape index (κ2) is 7.92. The molecule has 0 saturated heterocycles. The molecule has 0 radical (unpaired) electrons. The predicted molar refractivity (Wildman–Crippen MR) is 128 cm³/mol. The molecule has 0 saturated carbocycles. The maximum atomic E-state index is 10.8. The van der Waals surface area contributed by atoms with Crippen molar-refractivity contribution < 1.29 is 9.84 Å². The first-order valence-corrected chi connectivity index (χ1v) is 11.2. The smallest absolute Gasteiger partial charge is 0.163 e. The molecule has 1 aromatic heterocycles. The van der Waals surface area contributed by atoms with Crippen LogP contribution in [0.25, 0.3) is 16.6 Å². The topological polar surface area (TPSA) is 54.4 Å². The van der Waals surface area contributed by atoms with E-state index in [2.05, 4.69) is 64.7 Å². The van der Waals surface area contributed by atoms with Crippen LogP contribution in [0, 0.1) is 5.92 Å². The third-order valence-electron chi connectivity index (χ3n) is 7.21. The molecule has 2 N–H and O–H groups in total. The Morgan fingerprint density at radius 2 is 2.13 bits per heavy atom. The van der Waals surface area contributed by atoms with Crippen LogP contribution in [0.1, 0.15) is 63.6 Å². The standard InChI is InChI=1S/C27H34N2O2/c1-8-15(3)13-19-16(4)24-22-18(21(26(30)31-7)20(9-2)29-24)14-17-11-10-12-28-25(17)23(22)27(19,5)6/h9-15,20-21,26,29-30H,2,8H2,1,3-7H3/b19-13+. The van der Waals surface area contributed by atoms with Crippen molar-refractivity contribution in [1.29, 1.82) is 0 Å². The van der Waals surface area contributed by atoms with Crippen molar-refractivity contribution in [2.75, 3.05) is 7.11 Å². The summed E-state index contributed by atoms with van der Waals surface area (Å²) in [6, 6.07) is 6.13. The van der Waals surface area contributed by atoms with Crippen LogP contribution in [0.15, 0.2) is 54.3 Å². The highest BCUT2D eigenvalue weighted by atomic mass is 16.6. The molecular weight excluding hydrogens is 384 g/mol. The number of rotatable bonds is 5. The van der Waals surface area contributed by atoms with Crippen molar-refractivity contribution in [3.63, 3.8) is 0 Å². The van der Waals surface area contributed by atoms with Gasteiger partial charge in [0, 0.05) is 35.4 Å². The lowest BCUT2D eigenvalue weighted by atomic mass is 9.63. The lowest BCUT2D eigenvalue weighted by molar-refractivity contribution is -0.0952. The van der Waals surface area contributed by atoms with Gasteiger partial charge in [-0.1, -0.05) is 52.3 Å². The minimum absolute atomic E-state index is 0.138. The maximum Gasteiger partial charge on any atom is 0.163 e. The largest absolute Gasteiger partial charge is 0.377 e. The van der Waals surface area contributed by atoms with Crippen molar-refractivity contribution in [3.8, 4) is 0 Å². The molecule has 0 bridgehead atoms. The minimum Gasteiger partial charge on any atom is -0.377 e. The molecule has 0 amide bonds. The maximum absolute atomic E-state index is 10.8. The molecule has 4 unspecified atom stereocenters. The number of hydrogen-bond acceptors (Lipinski definition) is 4. The van der Waals surface area contributed by atoms with E-state index < -0.39 is 6.29 Å². The number of methoxy groups -OCH3 is 1. The molecule has 2 aliphatic rings. The molecule has 4 heteroatoms. The first kappa shape index (κ1) is 21.8. The fourth-order valence-corrected chi connectivity index (χ4v) is 5.36. The van der Waals surface area contributed by atoms with Crippen LogP contribution in [0.5, 0.6) is 0 Å². The number of aliphatic hydroxyl groups excluding tert-OH is 1. The Labute approximate surface area is 185 Å². The quantitative estimate of drug-likeness (QED) is 0.502. The summed E-state index contributed by atoms with van der Waals surface area (Å²) in [4.78, 5) is 4.82. The Morgan fingerprint density at radius 1 is 1.39 bits per heavy atom. The number of pyridine rings is 1. The average molecular weight is 419 g/mol. The molecule has 0 fully saturated rings. The number of hydrogen-bond donors (Lipinski definition) is 2. The van der Waals surface area contributed by atoms with Crippen molar-refractivity contribution in [3.05, 3.63) is 71.0 Å². The van der Waals surface area contributed by atoms with Crippen molar-refractivity contribution >= 4 is 16.6 Å². The zero-order chi connectivity index (χ0) is 22.5. The minimum atomic E-state index is -0.934. The number of aliphatic hydroxyl groups is 1. The molecular formula is C27H34N2O2. The number of nitrogens with one attached hydrogen (secondary N) is 1. The highest BCUT2D eigenvalue weighted by Gasteiger charge is 2.45. The van der Waals surface area contributed by atoms with Crippen LogP contribution in [-0.4, -0.2) is 29.5 Å². The summed E-state index contributed by atoms with van der Waals surface area (Å²) in [6.07, 6.45) is 6.33. The van der Waals surface area contributed by atoms with Crippen molar-refractivity contribution in [1.82, 2.24) is 10.3 Å². The van der Waals surface area contributed by atoms with E-state index in [1.54, 1.807) is 7.11 Å². The van der Waals surface area contributed by atoms with Crippen LogP contribution in [0.4, 0.5) is 0 Å². The fraction of sp³-hybridized carbons (Fsp3) is 0.444. The van der Waals surface area contributed by atoms with Crippen molar-refractivity contribution in [2.24, 2.45) is 5.92 Å². The normalized spacial score (nSPS) is 25.2. The molecule has 1 aromatic carbocycles. The summed E-state index contributed by atoms with van der Waals surface area (Å²) in [5, 5.41) is 15.6. The lowest BCUT2D eigenvalue weighted by Gasteiger charge is -2.46. The van der Waals surface area contributed by atoms with E-state index in [1.807, 2.05) is 18.3 Å². The third kappa shape index (κ3) is 3.24. The van der Waals surface area contributed by atoms with E-state index in [0.29, 0.717) is 5.92 Å². The molecule has 31 heavy (non-hydrogen) atoms. The first-order chi connectivity index (χ1) is 14.8. The van der Waals surface area contributed by atoms with Gasteiger partial charge in [-0.05, 0) is 47.2 Å². The molecule has 1 aliphatic carbocycles. The van der Waals surface area contributed by atoms with Gasteiger partial charge in [-0.15, -0.1) is 6.58 Å². The van der Waals surface area contributed by atoms with Gasteiger partial charge < -0.3 is 15.2 Å². The summed E-state index contributed by atoms with van der Waals surface area (Å²) < 4.78 is 5.41. The van der Waals surface area contributed by atoms with Gasteiger partial charge in [0.05, 0.1) is 17.5 Å². The van der Waals surface area contributed by atoms with E-state index in [4.69, 9.17) is 9.72 Å². The molecule has 4 nitrogen and oxygen atoms in total. The van der Waals surface area contributed by atoms with E-state index in [0.717, 1.165) is 34.1 Å². The monoisotopic (exact) mass is 418 g/mol. The second-order valence-corrected chi connectivity index (χ2v) is 9.44. The van der Waals surface area contributed by atoms with Gasteiger partial charge in [0.15, 0.2) is 6.29 Å². The average Bonchev–Trinajstić information content (AvgIpc) is 2.77. The Morgan fingerprint density at radius 3 is 2.77 bits per heavy atom. The zero-order valence-electron chi connectivity index (χ0n) is 19.5. The second-order valence-electron chi connectivity index (χ2n) is 9.44. The molecule has 1 aliphatic heterocycles. The van der Waals surface area contributed by atoms with E-state index in [1.165, 1.54) is 16.7 Å². The van der Waals surface area contributed by atoms with E-state index >= 15 is 0 Å². The number of nitrogens with zero attached hydrogens (tertiary/aromatic N) is 1. The summed E-state index contributed by atoms with van der Waals surface area (Å²) in [6.45, 7) is 15.4. The summed E-state index contributed by atoms with van der Waals surface area (Å²) in [7, 11) is 1.55. The Balaban J connectivity index is 2.15. The Bertz CT molecular complexity index is 1100. The summed E-state index contributed by atoms with van der Waals surface area (Å²) in [5.74, 6) is 0.226. The van der Waals surface area contributed by atoms with E-state index in [9.17, 15) is 5.11 Å². The summed E-state index contributed by atoms with van der Waals surface area (Å²) >= 11 is 0. The van der Waals surface area contributed by atoms with Gasteiger partial charge >= 0.3 is 0 Å². The van der Waals surface area contributed by atoms with Crippen LogP contribution < -0.4 is 5.32 Å². The molecule has 164 valence electrons. The van der Waals surface area contributed by atoms with Crippen LogP contribution >= 0.6 is 0 Å². The van der Waals surface area contributed by atoms with Gasteiger partial charge in [0.25, 0.3) is 0 Å². The number of allylic oxidation sites excluding steroid dienone is 3. The van der Waals surface area contributed by atoms with Crippen LogP contribution in [0.2, 0.25) is 0 Å². The van der Waals surface area contributed by atoms with E-state index in [-0.39, 0.29) is 17.4 Å². The first-order valence-electron chi connectivity index (χ1n) is 11.2.